The van der Waals surface area contributed by atoms with Crippen LogP contribution in [0.5, 0.6) is 17.6 Å². The third-order valence-electron chi connectivity index (χ3n) is 10.2. The van der Waals surface area contributed by atoms with Crippen molar-refractivity contribution in [3.05, 3.63) is 42.2 Å². The van der Waals surface area contributed by atoms with Crippen molar-refractivity contribution >= 4 is 27.5 Å². The highest BCUT2D eigenvalue weighted by atomic mass is 19.1. The molecule has 11 heteroatoms. The summed E-state index contributed by atoms with van der Waals surface area (Å²) in [4.78, 5) is 19.2. The van der Waals surface area contributed by atoms with Crippen LogP contribution in [0.1, 0.15) is 32.1 Å². The fourth-order valence-corrected chi connectivity index (χ4v) is 8.31. The van der Waals surface area contributed by atoms with E-state index >= 15 is 4.39 Å². The van der Waals surface area contributed by atoms with E-state index in [1.807, 2.05) is 0 Å². The van der Waals surface area contributed by atoms with Gasteiger partial charge in [0, 0.05) is 42.5 Å². The van der Waals surface area contributed by atoms with Gasteiger partial charge < -0.3 is 24.8 Å². The number of ether oxygens (including phenoxy) is 2. The summed E-state index contributed by atoms with van der Waals surface area (Å²) in [6, 6.07) is 10.5. The Morgan fingerprint density at radius 2 is 2.05 bits per heavy atom. The zero-order chi connectivity index (χ0) is 28.9. The lowest BCUT2D eigenvalue weighted by Crippen LogP contribution is -2.60. The maximum Gasteiger partial charge on any atom is 0.319 e. The largest absolute Gasteiger partial charge is 0.508 e. The molecule has 4 saturated heterocycles. The Kier molecular flexibility index (Phi) is 5.57. The van der Waals surface area contributed by atoms with Crippen LogP contribution in [0.25, 0.3) is 32.9 Å². The van der Waals surface area contributed by atoms with Crippen molar-refractivity contribution in [3.63, 3.8) is 0 Å². The topological polar surface area (TPSA) is 95.9 Å². The number of benzene rings is 2. The third kappa shape index (κ3) is 3.97. The van der Waals surface area contributed by atoms with Crippen LogP contribution in [-0.2, 0) is 0 Å². The minimum Gasteiger partial charge on any atom is -0.508 e. The number of phenolic OH excluding ortho intramolecular Hbond substituents is 1. The molecule has 222 valence electrons. The summed E-state index contributed by atoms with van der Waals surface area (Å²) in [5, 5.41) is 15.9. The van der Waals surface area contributed by atoms with Crippen LogP contribution >= 0.6 is 0 Å². The molecule has 5 aliphatic heterocycles. The van der Waals surface area contributed by atoms with Crippen molar-refractivity contribution < 1.29 is 23.4 Å². The maximum absolute atomic E-state index is 15.2. The summed E-state index contributed by atoms with van der Waals surface area (Å²) in [7, 11) is 0. The van der Waals surface area contributed by atoms with Gasteiger partial charge in [0.2, 0.25) is 5.88 Å². The van der Waals surface area contributed by atoms with Gasteiger partial charge in [-0.1, -0.05) is 12.1 Å². The van der Waals surface area contributed by atoms with E-state index in [9.17, 15) is 9.50 Å². The molecule has 2 aromatic heterocycles. The highest BCUT2D eigenvalue weighted by molar-refractivity contribution is 6.01. The second kappa shape index (κ2) is 9.33. The lowest BCUT2D eigenvalue weighted by Gasteiger charge is -2.40. The molecule has 7 heterocycles. The van der Waals surface area contributed by atoms with Gasteiger partial charge in [-0.05, 0) is 61.9 Å². The normalized spacial score (nSPS) is 29.5. The van der Waals surface area contributed by atoms with E-state index in [-0.39, 0.29) is 29.4 Å². The van der Waals surface area contributed by atoms with Crippen LogP contribution in [-0.4, -0.2) is 87.6 Å². The number of anilines is 1. The smallest absolute Gasteiger partial charge is 0.319 e. The van der Waals surface area contributed by atoms with Gasteiger partial charge in [0.1, 0.15) is 42.2 Å². The van der Waals surface area contributed by atoms with Gasteiger partial charge in [-0.25, -0.2) is 13.8 Å². The molecule has 2 bridgehead atoms. The van der Waals surface area contributed by atoms with Gasteiger partial charge in [0.25, 0.3) is 0 Å². The number of halogens is 2. The predicted molar refractivity (Wildman–Crippen MR) is 157 cm³/mol. The molecular weight excluding hydrogens is 554 g/mol. The SMILES string of the molecule is Oc1cc(-c2cc3nc(OC[C@@]45CCCN4C[C@H](F)C5)nc4c3c(n2)OC[C@@H]2[C@H]3CC[C@@H](CN42)N3)c2c(F)cccc2c1. The molecule has 0 saturated carbocycles. The van der Waals surface area contributed by atoms with Crippen LogP contribution in [0.4, 0.5) is 14.6 Å². The molecule has 9 rings (SSSR count). The van der Waals surface area contributed by atoms with E-state index in [2.05, 4.69) is 15.1 Å². The number of nitrogens with one attached hydrogen (secondary N) is 1. The van der Waals surface area contributed by atoms with Crippen LogP contribution in [0.3, 0.4) is 0 Å². The number of phenols is 1. The number of rotatable bonds is 4. The molecule has 2 N–H and O–H groups in total. The summed E-state index contributed by atoms with van der Waals surface area (Å²) in [6.45, 7) is 2.83. The highest BCUT2D eigenvalue weighted by Crippen LogP contribution is 2.44. The van der Waals surface area contributed by atoms with E-state index in [1.165, 1.54) is 18.2 Å². The summed E-state index contributed by atoms with van der Waals surface area (Å²) in [5.74, 6) is 0.702. The Hall–Kier alpha value is -3.83. The third-order valence-corrected chi connectivity index (χ3v) is 10.2. The molecule has 5 atom stereocenters. The monoisotopic (exact) mass is 586 g/mol. The Morgan fingerprint density at radius 1 is 1.12 bits per heavy atom. The number of pyridine rings is 1. The molecule has 4 aromatic rings. The first-order valence-electron chi connectivity index (χ1n) is 15.3. The zero-order valence-corrected chi connectivity index (χ0v) is 23.6. The molecule has 9 nitrogen and oxygen atoms in total. The average molecular weight is 587 g/mol. The Morgan fingerprint density at radius 3 is 2.98 bits per heavy atom. The number of nitrogens with zero attached hydrogens (tertiary/aromatic N) is 5. The van der Waals surface area contributed by atoms with Gasteiger partial charge in [0.05, 0.1) is 22.8 Å². The van der Waals surface area contributed by atoms with Crippen molar-refractivity contribution in [2.45, 2.75) is 61.9 Å². The van der Waals surface area contributed by atoms with Gasteiger partial charge in [0.15, 0.2) is 0 Å². The second-order valence-electron chi connectivity index (χ2n) is 12.8. The lowest BCUT2D eigenvalue weighted by atomic mass is 9.95. The van der Waals surface area contributed by atoms with Gasteiger partial charge in [-0.3, -0.25) is 4.90 Å². The zero-order valence-electron chi connectivity index (χ0n) is 23.6. The van der Waals surface area contributed by atoms with Crippen molar-refractivity contribution in [2.75, 3.05) is 37.7 Å². The molecule has 0 aliphatic carbocycles. The summed E-state index contributed by atoms with van der Waals surface area (Å²) < 4.78 is 42.4. The van der Waals surface area contributed by atoms with Crippen LogP contribution in [0.15, 0.2) is 36.4 Å². The average Bonchev–Trinajstić information content (AvgIpc) is 3.62. The predicted octanol–water partition coefficient (Wildman–Crippen LogP) is 4.35. The molecule has 0 unspecified atom stereocenters. The van der Waals surface area contributed by atoms with Crippen LogP contribution < -0.4 is 19.7 Å². The fourth-order valence-electron chi connectivity index (χ4n) is 8.31. The minimum absolute atomic E-state index is 0.0107. The number of aromatic nitrogens is 3. The number of aromatic hydroxyl groups is 1. The Labute approximate surface area is 246 Å². The van der Waals surface area contributed by atoms with E-state index < -0.39 is 12.0 Å². The lowest BCUT2D eigenvalue weighted by molar-refractivity contribution is 0.107. The van der Waals surface area contributed by atoms with Crippen LogP contribution in [0.2, 0.25) is 0 Å². The van der Waals surface area contributed by atoms with E-state index in [0.717, 1.165) is 44.6 Å². The van der Waals surface area contributed by atoms with E-state index in [4.69, 9.17) is 24.4 Å². The van der Waals surface area contributed by atoms with Gasteiger partial charge in [-0.2, -0.15) is 9.97 Å². The van der Waals surface area contributed by atoms with Crippen LogP contribution in [0, 0.1) is 5.82 Å². The molecule has 0 spiro atoms. The summed E-state index contributed by atoms with van der Waals surface area (Å²) in [5.41, 5.74) is 1.11. The van der Waals surface area contributed by atoms with E-state index in [1.54, 1.807) is 18.2 Å². The number of fused-ring (bicyclic) bond motifs is 7. The first-order chi connectivity index (χ1) is 20.9. The number of piperazine rings is 1. The quantitative estimate of drug-likeness (QED) is 0.362. The molecule has 4 fully saturated rings. The number of hydrogen-bond donors (Lipinski definition) is 2. The molecule has 0 radical (unpaired) electrons. The van der Waals surface area contributed by atoms with Gasteiger partial charge in [-0.15, -0.1) is 0 Å². The van der Waals surface area contributed by atoms with Gasteiger partial charge >= 0.3 is 6.01 Å². The van der Waals surface area contributed by atoms with Crippen molar-refractivity contribution in [1.82, 2.24) is 25.2 Å². The molecule has 0 amide bonds. The molecule has 43 heavy (non-hydrogen) atoms. The molecule has 5 aliphatic rings. The van der Waals surface area contributed by atoms with Crippen molar-refractivity contribution in [3.8, 4) is 28.9 Å². The standard InChI is InChI=1S/C32H32F2N6O3/c33-18-12-32(7-2-8-39(32)13-18)16-43-31-37-25-11-24(21-10-20(41)9-17-3-1-4-22(34)27(17)21)36-30-28(25)29(38-31)40-14-19-5-6-23(35-19)26(40)15-42-30/h1,3-4,9-11,18-19,23,26,35,41H,2,5-8,12-16H2/t18-,19+,23-,26-,32+/m1/s1. The fraction of sp³-hybridized carbons (Fsp3) is 0.469. The molecular formula is C32H32F2N6O3. The summed E-state index contributed by atoms with van der Waals surface area (Å²) >= 11 is 0. The van der Waals surface area contributed by atoms with E-state index in [0.29, 0.717) is 71.0 Å². The Bertz CT molecular complexity index is 1790. The minimum atomic E-state index is -0.853. The Balaban J connectivity index is 1.20. The number of alkyl halides is 1. The maximum atomic E-state index is 15.2. The highest BCUT2D eigenvalue weighted by Gasteiger charge is 2.49. The first-order valence-corrected chi connectivity index (χ1v) is 15.3. The van der Waals surface area contributed by atoms with Crippen molar-refractivity contribution in [2.24, 2.45) is 0 Å². The summed E-state index contributed by atoms with van der Waals surface area (Å²) in [6.07, 6.45) is 3.67. The molecule has 2 aromatic carbocycles. The number of hydrogen-bond acceptors (Lipinski definition) is 9. The second-order valence-corrected chi connectivity index (χ2v) is 12.8. The van der Waals surface area contributed by atoms with Crippen molar-refractivity contribution in [1.29, 1.82) is 0 Å². The first kappa shape index (κ1) is 25.6.